The Kier molecular flexibility index (Phi) is 7.90. The Morgan fingerprint density at radius 2 is 0.926 bits per heavy atom. The van der Waals surface area contributed by atoms with Crippen LogP contribution in [0, 0.1) is 0 Å². The van der Waals surface area contributed by atoms with Gasteiger partial charge in [-0.2, -0.15) is 0 Å². The van der Waals surface area contributed by atoms with E-state index in [-0.39, 0.29) is 0 Å². The average molecular weight is 707 g/mol. The molecule has 0 N–H and O–H groups in total. The lowest BCUT2D eigenvalue weighted by molar-refractivity contribution is 1.43. The lowest BCUT2D eigenvalue weighted by atomic mass is 9.89. The number of hydrogen-bond acceptors (Lipinski definition) is 1. The van der Waals surface area contributed by atoms with Gasteiger partial charge in [-0.05, 0) is 104 Å². The van der Waals surface area contributed by atoms with Crippen LogP contribution in [0.5, 0.6) is 0 Å². The third-order valence-electron chi connectivity index (χ3n) is 11.2. The van der Waals surface area contributed by atoms with E-state index in [1.54, 1.807) is 0 Å². The fourth-order valence-electron chi connectivity index (χ4n) is 8.33. The molecule has 0 saturated heterocycles. The lowest BCUT2D eigenvalue weighted by Gasteiger charge is -2.23. The number of benzene rings is 9. The molecule has 254 valence electrons. The summed E-state index contributed by atoms with van der Waals surface area (Å²) in [6, 6.07) is 75.5. The summed E-state index contributed by atoms with van der Waals surface area (Å²) in [6.45, 7) is 2.45. The van der Waals surface area contributed by atoms with Crippen molar-refractivity contribution in [3.8, 4) is 33.5 Å². The van der Waals surface area contributed by atoms with E-state index in [2.05, 4.69) is 213 Å². The molecule has 1 nitrogen and oxygen atoms in total. The van der Waals surface area contributed by atoms with Crippen LogP contribution in [0.1, 0.15) is 0 Å². The van der Waals surface area contributed by atoms with Gasteiger partial charge in [0, 0.05) is 21.7 Å². The van der Waals surface area contributed by atoms with Crippen LogP contribution in [0.3, 0.4) is 0 Å². The summed E-state index contributed by atoms with van der Waals surface area (Å²) < 4.78 is 0. The number of pyridine rings is 1. The van der Waals surface area contributed by atoms with Crippen molar-refractivity contribution in [1.82, 2.24) is 4.98 Å². The Morgan fingerprint density at radius 1 is 0.352 bits per heavy atom. The largest absolute Gasteiger partial charge is 0.247 e. The van der Waals surface area contributed by atoms with Crippen molar-refractivity contribution in [3.05, 3.63) is 206 Å². The highest BCUT2D eigenvalue weighted by molar-refractivity contribution is 7.95. The van der Waals surface area contributed by atoms with E-state index in [0.29, 0.717) is 0 Å². The smallest absolute Gasteiger partial charge is 0.109 e. The molecule has 0 spiro atoms. The van der Waals surface area contributed by atoms with Gasteiger partial charge in [0.05, 0.1) is 17.9 Å². The summed E-state index contributed by atoms with van der Waals surface area (Å²) in [5.41, 5.74) is 7.96. The van der Waals surface area contributed by atoms with E-state index in [1.165, 1.54) is 70.5 Å². The van der Waals surface area contributed by atoms with Crippen molar-refractivity contribution in [2.45, 2.75) is 0 Å². The zero-order chi connectivity index (χ0) is 36.1. The summed E-state index contributed by atoms with van der Waals surface area (Å²) in [4.78, 5) is 5.36. The van der Waals surface area contributed by atoms with E-state index in [4.69, 9.17) is 4.98 Å². The fourth-order valence-corrected chi connectivity index (χ4v) is 11.5. The van der Waals surface area contributed by atoms with Gasteiger partial charge in [0.2, 0.25) is 0 Å². The second-order valence-corrected chi connectivity index (χ2v) is 17.8. The van der Waals surface area contributed by atoms with Crippen molar-refractivity contribution in [2.24, 2.45) is 0 Å². The molecule has 0 aliphatic rings. The molecule has 10 aromatic rings. The molecule has 0 aliphatic heterocycles. The molecule has 1 heterocycles. The number of para-hydroxylation sites is 1. The minimum atomic E-state index is -1.81. The molecule has 0 saturated carbocycles. The topological polar surface area (TPSA) is 12.9 Å². The minimum absolute atomic E-state index is 1.01. The Morgan fingerprint density at radius 3 is 1.67 bits per heavy atom. The number of nitrogens with zero attached hydrogens (tertiary/aromatic N) is 1. The Labute approximate surface area is 316 Å². The van der Waals surface area contributed by atoms with Crippen LogP contribution in [0.4, 0.5) is 0 Å². The summed E-state index contributed by atoms with van der Waals surface area (Å²) in [7, 11) is -1.81. The van der Waals surface area contributed by atoms with Gasteiger partial charge in [-0.15, -0.1) is 0 Å². The van der Waals surface area contributed by atoms with Gasteiger partial charge in [0.25, 0.3) is 0 Å². The second-order valence-electron chi connectivity index (χ2n) is 14.2. The molecule has 9 aromatic carbocycles. The van der Waals surface area contributed by atoms with E-state index >= 15 is 0 Å². The van der Waals surface area contributed by atoms with Crippen LogP contribution in [-0.2, 0) is 0 Å². The maximum Gasteiger partial charge on any atom is 0.109 e. The highest BCUT2D eigenvalue weighted by atomic mass is 31.2. The van der Waals surface area contributed by atoms with Crippen molar-refractivity contribution >= 4 is 66.4 Å². The van der Waals surface area contributed by atoms with E-state index in [0.717, 1.165) is 22.2 Å². The third-order valence-corrected chi connectivity index (χ3v) is 15.2. The van der Waals surface area contributed by atoms with Crippen LogP contribution in [0.2, 0.25) is 0 Å². The highest BCUT2D eigenvalue weighted by Gasteiger charge is 2.39. The van der Waals surface area contributed by atoms with Gasteiger partial charge in [0.15, 0.2) is 0 Å². The fraction of sp³-hybridized carbons (Fsp3) is 0.0192. The van der Waals surface area contributed by atoms with Crippen LogP contribution >= 0.6 is 7.26 Å². The highest BCUT2D eigenvalue weighted by Crippen LogP contribution is 2.51. The van der Waals surface area contributed by atoms with Crippen LogP contribution in [0.25, 0.3) is 76.7 Å². The van der Waals surface area contributed by atoms with Crippen LogP contribution in [-0.4, -0.2) is 11.6 Å². The molecule has 0 atom stereocenters. The molecule has 54 heavy (non-hydrogen) atoms. The summed E-state index contributed by atoms with van der Waals surface area (Å²) in [5.74, 6) is 0. The Hall–Kier alpha value is -6.40. The first-order valence-electron chi connectivity index (χ1n) is 18.6. The van der Waals surface area contributed by atoms with E-state index < -0.39 is 7.26 Å². The Bertz CT molecular complexity index is 2950. The summed E-state index contributed by atoms with van der Waals surface area (Å²) >= 11 is 0. The average Bonchev–Trinajstić information content (AvgIpc) is 3.26. The molecule has 0 aliphatic carbocycles. The molecule has 2 heteroatoms. The van der Waals surface area contributed by atoms with Gasteiger partial charge in [0.1, 0.15) is 23.2 Å². The van der Waals surface area contributed by atoms with Gasteiger partial charge in [-0.1, -0.05) is 146 Å². The number of rotatable bonds is 6. The first-order chi connectivity index (χ1) is 26.6. The van der Waals surface area contributed by atoms with Gasteiger partial charge >= 0.3 is 0 Å². The van der Waals surface area contributed by atoms with Crippen molar-refractivity contribution in [3.63, 3.8) is 0 Å². The molecule has 0 unspecified atom stereocenters. The molecular formula is C52H37NP+. The quantitative estimate of drug-likeness (QED) is 0.124. The molecule has 0 bridgehead atoms. The summed E-state index contributed by atoms with van der Waals surface area (Å²) in [6.07, 6.45) is 0. The van der Waals surface area contributed by atoms with Gasteiger partial charge < -0.3 is 0 Å². The molecule has 0 amide bonds. The first kappa shape index (κ1) is 32.3. The molecule has 10 rings (SSSR count). The molecule has 0 fully saturated rings. The van der Waals surface area contributed by atoms with Crippen LogP contribution < -0.4 is 15.9 Å². The molecule has 0 radical (unpaired) electrons. The molecular weight excluding hydrogens is 670 g/mol. The zero-order valence-corrected chi connectivity index (χ0v) is 30.9. The van der Waals surface area contributed by atoms with Crippen molar-refractivity contribution < 1.29 is 0 Å². The zero-order valence-electron chi connectivity index (χ0n) is 30.0. The SMILES string of the molecule is C[P+](c1ccccc1)(c1ccccc1)c1ccc(-c2cccc(-c3cc4c(-c5ccc6ccccc6c5)nc5ccccc5c4c4ccccc34)c2)cc1. The third kappa shape index (κ3) is 5.40. The predicted octanol–water partition coefficient (Wildman–Crippen LogP) is 12.6. The lowest BCUT2D eigenvalue weighted by Crippen LogP contribution is -2.30. The van der Waals surface area contributed by atoms with E-state index in [9.17, 15) is 0 Å². The maximum absolute atomic E-state index is 5.36. The van der Waals surface area contributed by atoms with Gasteiger partial charge in [-0.3, -0.25) is 0 Å². The number of fused-ring (bicyclic) bond motifs is 6. The minimum Gasteiger partial charge on any atom is -0.247 e. The molecule has 1 aromatic heterocycles. The number of hydrogen-bond donors (Lipinski definition) is 0. The summed E-state index contributed by atoms with van der Waals surface area (Å²) in [5, 5.41) is 12.7. The standard InChI is InChI=1S/C52H37NP/c1-54(42-19-4-2-5-20-42,43-21-6-3-7-22-43)44-31-29-37(30-32-44)39-17-14-18-40(33-39)48-35-49-51(46-24-11-10-23-45(46)48)47-25-12-13-26-50(47)53-52(49)41-28-27-36-15-8-9-16-38(36)34-41/h2-35H,1H3/q+1. The van der Waals surface area contributed by atoms with Crippen molar-refractivity contribution in [2.75, 3.05) is 6.66 Å². The monoisotopic (exact) mass is 706 g/mol. The van der Waals surface area contributed by atoms with Crippen molar-refractivity contribution in [1.29, 1.82) is 0 Å². The second kappa shape index (κ2) is 13.2. The normalized spacial score (nSPS) is 11.8. The number of aromatic nitrogens is 1. The van der Waals surface area contributed by atoms with Gasteiger partial charge in [-0.25, -0.2) is 4.98 Å². The van der Waals surface area contributed by atoms with Crippen LogP contribution in [0.15, 0.2) is 206 Å². The first-order valence-corrected chi connectivity index (χ1v) is 20.8. The maximum atomic E-state index is 5.36. The van der Waals surface area contributed by atoms with E-state index in [1.807, 2.05) is 0 Å². The Balaban J connectivity index is 1.13. The predicted molar refractivity (Wildman–Crippen MR) is 235 cm³/mol.